The van der Waals surface area contributed by atoms with E-state index in [4.69, 9.17) is 0 Å². The van der Waals surface area contributed by atoms with Crippen molar-refractivity contribution in [2.45, 2.75) is 31.7 Å². The van der Waals surface area contributed by atoms with Crippen LogP contribution in [0.25, 0.3) is 0 Å². The molecule has 1 N–H and O–H groups in total. The Morgan fingerprint density at radius 2 is 2.29 bits per heavy atom. The fourth-order valence-electron chi connectivity index (χ4n) is 4.03. The lowest BCUT2D eigenvalue weighted by Gasteiger charge is -2.30. The lowest BCUT2D eigenvalue weighted by Crippen LogP contribution is -2.30. The zero-order chi connectivity index (χ0) is 12.0. The van der Waals surface area contributed by atoms with Crippen molar-refractivity contribution in [3.63, 3.8) is 0 Å². The van der Waals surface area contributed by atoms with Gasteiger partial charge in [0.1, 0.15) is 0 Å². The van der Waals surface area contributed by atoms with Crippen molar-refractivity contribution < 1.29 is 0 Å². The summed E-state index contributed by atoms with van der Waals surface area (Å²) in [5, 5.41) is 7.87. The highest BCUT2D eigenvalue weighted by Crippen LogP contribution is 2.52. The van der Waals surface area contributed by atoms with Crippen LogP contribution < -0.4 is 5.32 Å². The van der Waals surface area contributed by atoms with Gasteiger partial charge in [0.25, 0.3) is 0 Å². The van der Waals surface area contributed by atoms with Crippen LogP contribution in [0, 0.1) is 17.8 Å². The highest BCUT2D eigenvalue weighted by molar-refractivity contribution is 9.10. The molecule has 3 nitrogen and oxygen atoms in total. The molecule has 1 aromatic rings. The lowest BCUT2D eigenvalue weighted by molar-refractivity contribution is 0.251. The average molecular weight is 298 g/mol. The summed E-state index contributed by atoms with van der Waals surface area (Å²) in [6, 6.07) is 0.451. The van der Waals surface area contributed by atoms with E-state index in [0.29, 0.717) is 6.04 Å². The van der Waals surface area contributed by atoms with Gasteiger partial charge in [0.2, 0.25) is 0 Å². The van der Waals surface area contributed by atoms with Crippen LogP contribution in [0.15, 0.2) is 10.7 Å². The maximum absolute atomic E-state index is 4.35. The summed E-state index contributed by atoms with van der Waals surface area (Å²) < 4.78 is 3.15. The van der Waals surface area contributed by atoms with Crippen molar-refractivity contribution in [1.82, 2.24) is 15.1 Å². The van der Waals surface area contributed by atoms with E-state index in [1.54, 1.807) is 0 Å². The number of aryl methyl sites for hydroxylation is 1. The van der Waals surface area contributed by atoms with E-state index in [1.807, 2.05) is 17.9 Å². The maximum Gasteiger partial charge on any atom is 0.0695 e. The Balaban J connectivity index is 1.89. The molecule has 0 saturated heterocycles. The van der Waals surface area contributed by atoms with Gasteiger partial charge in [0, 0.05) is 7.05 Å². The van der Waals surface area contributed by atoms with Crippen molar-refractivity contribution >= 4 is 15.9 Å². The van der Waals surface area contributed by atoms with Crippen molar-refractivity contribution in [2.75, 3.05) is 7.05 Å². The summed E-state index contributed by atoms with van der Waals surface area (Å²) in [6.45, 7) is 0. The van der Waals surface area contributed by atoms with E-state index in [0.717, 1.165) is 22.2 Å². The van der Waals surface area contributed by atoms with Crippen LogP contribution in [-0.2, 0) is 7.05 Å². The summed E-state index contributed by atoms with van der Waals surface area (Å²) in [5.74, 6) is 2.72. The van der Waals surface area contributed by atoms with Gasteiger partial charge in [-0.1, -0.05) is 6.42 Å². The molecule has 2 fully saturated rings. The quantitative estimate of drug-likeness (QED) is 0.930. The minimum Gasteiger partial charge on any atom is -0.311 e. The van der Waals surface area contributed by atoms with Gasteiger partial charge >= 0.3 is 0 Å². The average Bonchev–Trinajstić information content (AvgIpc) is 3.00. The molecule has 1 heterocycles. The summed E-state index contributed by atoms with van der Waals surface area (Å²) in [6.07, 6.45) is 7.66. The maximum atomic E-state index is 4.35. The number of halogens is 1. The first-order chi connectivity index (χ1) is 8.20. The molecule has 2 aliphatic rings. The van der Waals surface area contributed by atoms with Crippen molar-refractivity contribution in [3.8, 4) is 0 Å². The van der Waals surface area contributed by atoms with Crippen LogP contribution in [0.4, 0.5) is 0 Å². The molecule has 0 aliphatic heterocycles. The predicted octanol–water partition coefficient (Wildman–Crippen LogP) is 2.88. The normalized spacial score (nSPS) is 33.2. The molecule has 4 unspecified atom stereocenters. The Bertz CT molecular complexity index is 395. The smallest absolute Gasteiger partial charge is 0.0695 e. The van der Waals surface area contributed by atoms with Crippen LogP contribution in [0.3, 0.4) is 0 Å². The van der Waals surface area contributed by atoms with Crippen LogP contribution in [0.2, 0.25) is 0 Å². The molecule has 0 spiro atoms. The van der Waals surface area contributed by atoms with Gasteiger partial charge in [0.05, 0.1) is 22.4 Å². The Hall–Kier alpha value is -0.350. The summed E-state index contributed by atoms with van der Waals surface area (Å²) in [5.41, 5.74) is 1.31. The van der Waals surface area contributed by atoms with E-state index in [-0.39, 0.29) is 0 Å². The molecule has 94 valence electrons. The van der Waals surface area contributed by atoms with Crippen molar-refractivity contribution in [1.29, 1.82) is 0 Å². The van der Waals surface area contributed by atoms with Gasteiger partial charge in [-0.2, -0.15) is 5.10 Å². The Labute approximate surface area is 111 Å². The first-order valence-corrected chi connectivity index (χ1v) is 7.34. The Kier molecular flexibility index (Phi) is 3.03. The van der Waals surface area contributed by atoms with E-state index in [2.05, 4.69) is 33.4 Å². The molecule has 17 heavy (non-hydrogen) atoms. The molecule has 4 atom stereocenters. The number of aromatic nitrogens is 2. The number of nitrogens with one attached hydrogen (secondary N) is 1. The van der Waals surface area contributed by atoms with Crippen molar-refractivity contribution in [2.24, 2.45) is 24.8 Å². The standard InChI is InChI=1S/C13H20BrN3/c1-15-12(13-11(14)7-16-17(13)2)10-6-8-3-4-9(10)5-8/h7-10,12,15H,3-6H2,1-2H3. The highest BCUT2D eigenvalue weighted by atomic mass is 79.9. The molecule has 1 aromatic heterocycles. The van der Waals surface area contributed by atoms with E-state index >= 15 is 0 Å². The van der Waals surface area contributed by atoms with Gasteiger partial charge in [-0.05, 0) is 60.0 Å². The van der Waals surface area contributed by atoms with Crippen molar-refractivity contribution in [3.05, 3.63) is 16.4 Å². The lowest BCUT2D eigenvalue weighted by atomic mass is 9.82. The van der Waals surface area contributed by atoms with E-state index in [1.165, 1.54) is 31.4 Å². The molecule has 0 aromatic carbocycles. The zero-order valence-electron chi connectivity index (χ0n) is 10.5. The van der Waals surface area contributed by atoms with Gasteiger partial charge < -0.3 is 5.32 Å². The van der Waals surface area contributed by atoms with Gasteiger partial charge in [-0.3, -0.25) is 4.68 Å². The number of rotatable bonds is 3. The third-order valence-electron chi connectivity index (χ3n) is 4.76. The summed E-state index contributed by atoms with van der Waals surface area (Å²) >= 11 is 3.64. The molecular formula is C13H20BrN3. The van der Waals surface area contributed by atoms with Gasteiger partial charge in [-0.25, -0.2) is 0 Å². The number of hydrogen-bond acceptors (Lipinski definition) is 2. The Morgan fingerprint density at radius 3 is 2.76 bits per heavy atom. The third kappa shape index (κ3) is 1.85. The predicted molar refractivity (Wildman–Crippen MR) is 71.6 cm³/mol. The molecule has 4 heteroatoms. The minimum absolute atomic E-state index is 0.451. The van der Waals surface area contributed by atoms with E-state index in [9.17, 15) is 0 Å². The number of fused-ring (bicyclic) bond motifs is 2. The highest BCUT2D eigenvalue weighted by Gasteiger charge is 2.44. The van der Waals surface area contributed by atoms with Crippen LogP contribution in [0.1, 0.15) is 37.4 Å². The number of hydrogen-bond donors (Lipinski definition) is 1. The molecule has 2 aliphatic carbocycles. The van der Waals surface area contributed by atoms with Gasteiger partial charge in [-0.15, -0.1) is 0 Å². The second-order valence-corrected chi connectivity index (χ2v) is 6.46. The second kappa shape index (κ2) is 4.39. The fourth-order valence-corrected chi connectivity index (χ4v) is 4.62. The SMILES string of the molecule is CNC(c1c(Br)cnn1C)C1CC2CCC1C2. The molecule has 2 saturated carbocycles. The largest absolute Gasteiger partial charge is 0.311 e. The van der Waals surface area contributed by atoms with Crippen LogP contribution in [0.5, 0.6) is 0 Å². The molecule has 2 bridgehead atoms. The zero-order valence-corrected chi connectivity index (χ0v) is 12.1. The first kappa shape index (κ1) is 11.7. The van der Waals surface area contributed by atoms with Crippen LogP contribution >= 0.6 is 15.9 Å². The molecular weight excluding hydrogens is 278 g/mol. The Morgan fingerprint density at radius 1 is 1.47 bits per heavy atom. The number of nitrogens with zero attached hydrogens (tertiary/aromatic N) is 2. The molecule has 0 radical (unpaired) electrons. The topological polar surface area (TPSA) is 29.9 Å². The molecule has 0 amide bonds. The fraction of sp³-hybridized carbons (Fsp3) is 0.769. The second-order valence-electron chi connectivity index (χ2n) is 5.61. The van der Waals surface area contributed by atoms with E-state index < -0.39 is 0 Å². The third-order valence-corrected chi connectivity index (χ3v) is 5.38. The molecule has 3 rings (SSSR count). The van der Waals surface area contributed by atoms with Crippen LogP contribution in [-0.4, -0.2) is 16.8 Å². The summed E-state index contributed by atoms with van der Waals surface area (Å²) in [4.78, 5) is 0. The minimum atomic E-state index is 0.451. The monoisotopic (exact) mass is 297 g/mol. The first-order valence-electron chi connectivity index (χ1n) is 6.55. The summed E-state index contributed by atoms with van der Waals surface area (Å²) in [7, 11) is 4.12. The van der Waals surface area contributed by atoms with Gasteiger partial charge in [0.15, 0.2) is 0 Å².